The third kappa shape index (κ3) is 3.68. The van der Waals surface area contributed by atoms with Gasteiger partial charge in [-0.3, -0.25) is 4.79 Å². The van der Waals surface area contributed by atoms with Gasteiger partial charge in [-0.1, -0.05) is 42.5 Å². The molecule has 1 aromatic heterocycles. The van der Waals surface area contributed by atoms with Gasteiger partial charge in [0.15, 0.2) is 0 Å². The molecule has 0 spiro atoms. The first-order valence-corrected chi connectivity index (χ1v) is 10.0. The molecule has 1 fully saturated rings. The molecule has 0 saturated carbocycles. The van der Waals surface area contributed by atoms with Crippen molar-refractivity contribution in [3.8, 4) is 11.3 Å². The predicted octanol–water partition coefficient (Wildman–Crippen LogP) is 4.41. The van der Waals surface area contributed by atoms with Gasteiger partial charge in [0.1, 0.15) is 0 Å². The minimum Gasteiger partial charge on any atom is -0.372 e. The zero-order chi connectivity index (χ0) is 19.5. The maximum atomic E-state index is 11.9. The molecule has 3 aromatic rings. The monoisotopic (exact) mass is 373 g/mol. The molecule has 144 valence electrons. The summed E-state index contributed by atoms with van der Waals surface area (Å²) >= 11 is 0. The van der Waals surface area contributed by atoms with E-state index in [0.717, 1.165) is 43.0 Å². The molecule has 4 rings (SSSR count). The first-order valence-electron chi connectivity index (χ1n) is 10.0. The van der Waals surface area contributed by atoms with E-state index in [0.29, 0.717) is 5.56 Å². The molecule has 1 saturated heterocycles. The van der Waals surface area contributed by atoms with Crippen molar-refractivity contribution in [3.05, 3.63) is 77.5 Å². The van der Waals surface area contributed by atoms with Crippen molar-refractivity contribution < 1.29 is 4.79 Å². The Balaban J connectivity index is 1.65. The van der Waals surface area contributed by atoms with Crippen LogP contribution in [0.1, 0.15) is 34.5 Å². The number of carbonyl (C=O) groups is 1. The standard InChI is InChI=1S/C24H27N3O/c1-18-22(24(25)28)17-23(27(18)16-13-19-7-3-2-4-8-19)20-9-11-21(12-10-20)26-14-5-6-15-26/h2-4,7-12,17H,5-6,13-16H2,1H3,(H2,25,28). The fourth-order valence-electron chi connectivity index (χ4n) is 4.13. The van der Waals surface area contributed by atoms with Gasteiger partial charge in [0, 0.05) is 36.7 Å². The van der Waals surface area contributed by atoms with Crippen LogP contribution in [0.4, 0.5) is 5.69 Å². The number of hydrogen-bond donors (Lipinski definition) is 1. The van der Waals surface area contributed by atoms with Gasteiger partial charge >= 0.3 is 0 Å². The number of primary amides is 1. The molecule has 28 heavy (non-hydrogen) atoms. The van der Waals surface area contributed by atoms with Crippen LogP contribution in [0.2, 0.25) is 0 Å². The molecule has 2 N–H and O–H groups in total. The van der Waals surface area contributed by atoms with E-state index in [-0.39, 0.29) is 5.91 Å². The Bertz CT molecular complexity index is 952. The molecule has 1 aliphatic heterocycles. The fraction of sp³-hybridized carbons (Fsp3) is 0.292. The SMILES string of the molecule is Cc1c(C(N)=O)cc(-c2ccc(N3CCCC3)cc2)n1CCc1ccccc1. The number of rotatable bonds is 6. The number of hydrogen-bond acceptors (Lipinski definition) is 2. The van der Waals surface area contributed by atoms with Crippen molar-refractivity contribution in [3.63, 3.8) is 0 Å². The van der Waals surface area contributed by atoms with E-state index in [9.17, 15) is 4.79 Å². The van der Waals surface area contributed by atoms with Crippen molar-refractivity contribution in [2.45, 2.75) is 32.7 Å². The number of nitrogens with zero attached hydrogens (tertiary/aromatic N) is 2. The molecular formula is C24H27N3O. The molecule has 4 heteroatoms. The number of nitrogens with two attached hydrogens (primary N) is 1. The summed E-state index contributed by atoms with van der Waals surface area (Å²) in [7, 11) is 0. The van der Waals surface area contributed by atoms with Gasteiger partial charge in [-0.15, -0.1) is 0 Å². The highest BCUT2D eigenvalue weighted by Gasteiger charge is 2.17. The smallest absolute Gasteiger partial charge is 0.250 e. The summed E-state index contributed by atoms with van der Waals surface area (Å²) in [5.74, 6) is -0.370. The summed E-state index contributed by atoms with van der Waals surface area (Å²) in [6, 6.07) is 21.1. The summed E-state index contributed by atoms with van der Waals surface area (Å²) in [5.41, 5.74) is 11.9. The number of amides is 1. The lowest BCUT2D eigenvalue weighted by Gasteiger charge is -2.18. The van der Waals surface area contributed by atoms with Crippen LogP contribution in [0.5, 0.6) is 0 Å². The Labute approximate surface area is 166 Å². The first-order chi connectivity index (χ1) is 13.6. The van der Waals surface area contributed by atoms with Crippen molar-refractivity contribution in [2.75, 3.05) is 18.0 Å². The molecule has 2 heterocycles. The molecule has 0 atom stereocenters. The normalized spacial score (nSPS) is 13.8. The Hall–Kier alpha value is -3.01. The number of aryl methyl sites for hydroxylation is 1. The van der Waals surface area contributed by atoms with Gasteiger partial charge < -0.3 is 15.2 Å². The van der Waals surface area contributed by atoms with E-state index >= 15 is 0 Å². The van der Waals surface area contributed by atoms with Gasteiger partial charge in [-0.2, -0.15) is 0 Å². The van der Waals surface area contributed by atoms with Crippen LogP contribution in [-0.4, -0.2) is 23.6 Å². The van der Waals surface area contributed by atoms with Gasteiger partial charge in [0.05, 0.1) is 5.56 Å². The minimum absolute atomic E-state index is 0.370. The maximum Gasteiger partial charge on any atom is 0.250 e. The third-order valence-corrected chi connectivity index (χ3v) is 5.73. The van der Waals surface area contributed by atoms with Crippen LogP contribution in [0.15, 0.2) is 60.7 Å². The van der Waals surface area contributed by atoms with Crippen molar-refractivity contribution in [2.24, 2.45) is 5.73 Å². The van der Waals surface area contributed by atoms with Crippen LogP contribution in [-0.2, 0) is 13.0 Å². The topological polar surface area (TPSA) is 51.3 Å². The largest absolute Gasteiger partial charge is 0.372 e. The predicted molar refractivity (Wildman–Crippen MR) is 115 cm³/mol. The Morgan fingerprint density at radius 3 is 2.32 bits per heavy atom. The summed E-state index contributed by atoms with van der Waals surface area (Å²) in [6.45, 7) is 5.06. The second kappa shape index (κ2) is 7.93. The van der Waals surface area contributed by atoms with E-state index in [2.05, 4.69) is 58.0 Å². The molecule has 4 nitrogen and oxygen atoms in total. The van der Waals surface area contributed by atoms with E-state index in [1.54, 1.807) is 0 Å². The van der Waals surface area contributed by atoms with Crippen LogP contribution in [0.3, 0.4) is 0 Å². The second-order valence-electron chi connectivity index (χ2n) is 7.52. The minimum atomic E-state index is -0.370. The third-order valence-electron chi connectivity index (χ3n) is 5.73. The molecule has 0 unspecified atom stereocenters. The highest BCUT2D eigenvalue weighted by atomic mass is 16.1. The van der Waals surface area contributed by atoms with E-state index < -0.39 is 0 Å². The van der Waals surface area contributed by atoms with Crippen LogP contribution in [0.25, 0.3) is 11.3 Å². The van der Waals surface area contributed by atoms with E-state index in [1.807, 2.05) is 19.1 Å². The van der Waals surface area contributed by atoms with Crippen molar-refractivity contribution >= 4 is 11.6 Å². The van der Waals surface area contributed by atoms with Gasteiger partial charge in [-0.05, 0) is 55.5 Å². The summed E-state index contributed by atoms with van der Waals surface area (Å²) < 4.78 is 2.22. The highest BCUT2D eigenvalue weighted by molar-refractivity contribution is 5.95. The lowest BCUT2D eigenvalue weighted by molar-refractivity contribution is 0.0999. The van der Waals surface area contributed by atoms with Crippen molar-refractivity contribution in [1.29, 1.82) is 0 Å². The zero-order valence-electron chi connectivity index (χ0n) is 16.4. The molecule has 1 aliphatic rings. The molecule has 0 bridgehead atoms. The molecule has 2 aromatic carbocycles. The zero-order valence-corrected chi connectivity index (χ0v) is 16.4. The number of carbonyl (C=O) groups excluding carboxylic acids is 1. The van der Waals surface area contributed by atoms with Crippen LogP contribution >= 0.6 is 0 Å². The number of benzene rings is 2. The highest BCUT2D eigenvalue weighted by Crippen LogP contribution is 2.29. The van der Waals surface area contributed by atoms with E-state index in [1.165, 1.54) is 24.1 Å². The summed E-state index contributed by atoms with van der Waals surface area (Å²) in [6.07, 6.45) is 3.45. The molecule has 0 aliphatic carbocycles. The molecule has 0 radical (unpaired) electrons. The number of anilines is 1. The van der Waals surface area contributed by atoms with Gasteiger partial charge in [0.25, 0.3) is 5.91 Å². The Kier molecular flexibility index (Phi) is 5.20. The Morgan fingerprint density at radius 1 is 1.00 bits per heavy atom. The lowest BCUT2D eigenvalue weighted by atomic mass is 10.1. The summed E-state index contributed by atoms with van der Waals surface area (Å²) in [5, 5.41) is 0. The summed E-state index contributed by atoms with van der Waals surface area (Å²) in [4.78, 5) is 14.4. The fourth-order valence-corrected chi connectivity index (χ4v) is 4.13. The van der Waals surface area contributed by atoms with Gasteiger partial charge in [0.2, 0.25) is 0 Å². The van der Waals surface area contributed by atoms with E-state index in [4.69, 9.17) is 5.73 Å². The Morgan fingerprint density at radius 2 is 1.68 bits per heavy atom. The average molecular weight is 374 g/mol. The van der Waals surface area contributed by atoms with Crippen molar-refractivity contribution in [1.82, 2.24) is 4.57 Å². The lowest BCUT2D eigenvalue weighted by Crippen LogP contribution is -2.17. The average Bonchev–Trinajstić information content (AvgIpc) is 3.36. The molecule has 1 amide bonds. The second-order valence-corrected chi connectivity index (χ2v) is 7.52. The van der Waals surface area contributed by atoms with Crippen LogP contribution in [0, 0.1) is 6.92 Å². The number of aromatic nitrogens is 1. The quantitative estimate of drug-likeness (QED) is 0.696. The molecular weight excluding hydrogens is 346 g/mol. The maximum absolute atomic E-state index is 11.9. The first kappa shape index (κ1) is 18.4. The van der Waals surface area contributed by atoms with Crippen LogP contribution < -0.4 is 10.6 Å². The van der Waals surface area contributed by atoms with Gasteiger partial charge in [-0.25, -0.2) is 0 Å².